The quantitative estimate of drug-likeness (QED) is 0.840. The zero-order valence-electron chi connectivity index (χ0n) is 15.2. The van der Waals surface area contributed by atoms with E-state index in [0.29, 0.717) is 12.0 Å². The van der Waals surface area contributed by atoms with Crippen LogP contribution in [0.4, 0.5) is 0 Å². The van der Waals surface area contributed by atoms with Crippen LogP contribution in [-0.2, 0) is 13.6 Å². The SMILES string of the molecule is CN1C[C@@H](NCc2ccccc2OCC2CC2)[C@H](c2cncn2C)C1. The number of hydrogen-bond donors (Lipinski definition) is 1. The first-order chi connectivity index (χ1) is 12.2. The van der Waals surface area contributed by atoms with Crippen molar-refractivity contribution in [2.75, 3.05) is 26.7 Å². The van der Waals surface area contributed by atoms with Gasteiger partial charge in [-0.1, -0.05) is 18.2 Å². The second-order valence-corrected chi connectivity index (χ2v) is 7.61. The van der Waals surface area contributed by atoms with Crippen LogP contribution in [0.5, 0.6) is 5.75 Å². The molecular weight excluding hydrogens is 312 g/mol. The summed E-state index contributed by atoms with van der Waals surface area (Å²) in [6.45, 7) is 3.83. The van der Waals surface area contributed by atoms with E-state index in [1.165, 1.54) is 24.1 Å². The van der Waals surface area contributed by atoms with Crippen LogP contribution in [0.3, 0.4) is 0 Å². The summed E-state index contributed by atoms with van der Waals surface area (Å²) in [5.41, 5.74) is 2.56. The fraction of sp³-hybridized carbons (Fsp3) is 0.550. The zero-order valence-corrected chi connectivity index (χ0v) is 15.2. The van der Waals surface area contributed by atoms with Crippen molar-refractivity contribution < 1.29 is 4.74 Å². The lowest BCUT2D eigenvalue weighted by Gasteiger charge is -2.21. The molecule has 0 unspecified atom stereocenters. The topological polar surface area (TPSA) is 42.3 Å². The molecule has 2 aromatic rings. The summed E-state index contributed by atoms with van der Waals surface area (Å²) < 4.78 is 8.20. The third-order valence-electron chi connectivity index (χ3n) is 5.44. The van der Waals surface area contributed by atoms with Gasteiger partial charge in [-0.3, -0.25) is 0 Å². The third-order valence-corrected chi connectivity index (χ3v) is 5.44. The summed E-state index contributed by atoms with van der Waals surface area (Å²) in [5, 5.41) is 3.77. The average Bonchev–Trinajstić information content (AvgIpc) is 3.24. The van der Waals surface area contributed by atoms with Gasteiger partial charge in [0, 0.05) is 56.1 Å². The van der Waals surface area contributed by atoms with Gasteiger partial charge in [-0.2, -0.15) is 0 Å². The van der Waals surface area contributed by atoms with E-state index < -0.39 is 0 Å². The molecule has 25 heavy (non-hydrogen) atoms. The molecule has 2 fully saturated rings. The van der Waals surface area contributed by atoms with Crippen molar-refractivity contribution >= 4 is 0 Å². The van der Waals surface area contributed by atoms with Crippen LogP contribution >= 0.6 is 0 Å². The second kappa shape index (κ2) is 7.18. The Morgan fingerprint density at radius 3 is 2.80 bits per heavy atom. The van der Waals surface area contributed by atoms with E-state index in [2.05, 4.69) is 58.1 Å². The number of nitrogens with zero attached hydrogens (tertiary/aromatic N) is 3. The minimum absolute atomic E-state index is 0.428. The van der Waals surface area contributed by atoms with Gasteiger partial charge in [0.25, 0.3) is 0 Å². The number of hydrogen-bond acceptors (Lipinski definition) is 4. The fourth-order valence-electron chi connectivity index (χ4n) is 3.76. The van der Waals surface area contributed by atoms with E-state index in [0.717, 1.165) is 37.9 Å². The smallest absolute Gasteiger partial charge is 0.123 e. The van der Waals surface area contributed by atoms with Crippen molar-refractivity contribution in [1.29, 1.82) is 0 Å². The van der Waals surface area contributed by atoms with Crippen molar-refractivity contribution in [3.8, 4) is 5.75 Å². The van der Waals surface area contributed by atoms with Gasteiger partial charge in [-0.25, -0.2) is 4.98 Å². The molecule has 0 spiro atoms. The van der Waals surface area contributed by atoms with Gasteiger partial charge < -0.3 is 19.5 Å². The molecule has 0 bridgehead atoms. The Morgan fingerprint density at radius 2 is 2.04 bits per heavy atom. The summed E-state index contributed by atoms with van der Waals surface area (Å²) in [6.07, 6.45) is 6.54. The number of ether oxygens (including phenoxy) is 1. The van der Waals surface area contributed by atoms with E-state index >= 15 is 0 Å². The van der Waals surface area contributed by atoms with Gasteiger partial charge in [0.15, 0.2) is 0 Å². The maximum Gasteiger partial charge on any atom is 0.123 e. The number of likely N-dealkylation sites (tertiary alicyclic amines) is 1. The number of likely N-dealkylation sites (N-methyl/N-ethyl adjacent to an activating group) is 1. The van der Waals surface area contributed by atoms with Gasteiger partial charge in [0.2, 0.25) is 0 Å². The maximum atomic E-state index is 6.05. The molecule has 1 aliphatic heterocycles. The van der Waals surface area contributed by atoms with Crippen molar-refractivity contribution in [2.45, 2.75) is 31.3 Å². The minimum atomic E-state index is 0.428. The number of nitrogens with one attached hydrogen (secondary N) is 1. The molecule has 4 rings (SSSR count). The molecule has 1 aliphatic carbocycles. The average molecular weight is 340 g/mol. The van der Waals surface area contributed by atoms with Crippen LogP contribution in [-0.4, -0.2) is 47.2 Å². The Labute approximate surface area is 150 Å². The van der Waals surface area contributed by atoms with Crippen molar-refractivity contribution in [3.05, 3.63) is 48.0 Å². The molecule has 1 saturated carbocycles. The van der Waals surface area contributed by atoms with Crippen LogP contribution < -0.4 is 10.1 Å². The molecule has 1 aromatic heterocycles. The number of benzene rings is 1. The summed E-state index contributed by atoms with van der Waals surface area (Å²) in [4.78, 5) is 6.70. The van der Waals surface area contributed by atoms with Gasteiger partial charge >= 0.3 is 0 Å². The van der Waals surface area contributed by atoms with Crippen molar-refractivity contribution in [3.63, 3.8) is 0 Å². The maximum absolute atomic E-state index is 6.05. The number of para-hydroxylation sites is 1. The Hall–Kier alpha value is -1.85. The highest BCUT2D eigenvalue weighted by Crippen LogP contribution is 2.31. The molecule has 2 atom stereocenters. The summed E-state index contributed by atoms with van der Waals surface area (Å²) in [6, 6.07) is 8.86. The molecule has 5 nitrogen and oxygen atoms in total. The molecule has 2 heterocycles. The predicted octanol–water partition coefficient (Wildman–Crippen LogP) is 2.40. The van der Waals surface area contributed by atoms with E-state index in [1.54, 1.807) is 0 Å². The van der Waals surface area contributed by atoms with Gasteiger partial charge in [-0.05, 0) is 31.9 Å². The largest absolute Gasteiger partial charge is 0.493 e. The monoisotopic (exact) mass is 340 g/mol. The van der Waals surface area contributed by atoms with Gasteiger partial charge in [-0.15, -0.1) is 0 Å². The molecule has 1 aromatic carbocycles. The van der Waals surface area contributed by atoms with E-state index in [-0.39, 0.29) is 0 Å². The van der Waals surface area contributed by atoms with Crippen LogP contribution in [0.2, 0.25) is 0 Å². The molecule has 0 radical (unpaired) electrons. The van der Waals surface area contributed by atoms with Crippen molar-refractivity contribution in [2.24, 2.45) is 13.0 Å². The second-order valence-electron chi connectivity index (χ2n) is 7.61. The Morgan fingerprint density at radius 1 is 1.20 bits per heavy atom. The lowest BCUT2D eigenvalue weighted by Crippen LogP contribution is -2.35. The lowest BCUT2D eigenvalue weighted by atomic mass is 9.99. The van der Waals surface area contributed by atoms with E-state index in [9.17, 15) is 0 Å². The first-order valence-electron chi connectivity index (χ1n) is 9.29. The molecule has 1 N–H and O–H groups in total. The van der Waals surface area contributed by atoms with Crippen molar-refractivity contribution in [1.82, 2.24) is 19.8 Å². The van der Waals surface area contributed by atoms with Crippen LogP contribution in [0.25, 0.3) is 0 Å². The van der Waals surface area contributed by atoms with Crippen LogP contribution in [0.15, 0.2) is 36.8 Å². The highest BCUT2D eigenvalue weighted by Gasteiger charge is 2.33. The first kappa shape index (κ1) is 16.6. The Balaban J connectivity index is 1.42. The minimum Gasteiger partial charge on any atom is -0.493 e. The summed E-state index contributed by atoms with van der Waals surface area (Å²) in [5.74, 6) is 2.28. The molecule has 134 valence electrons. The first-order valence-corrected chi connectivity index (χ1v) is 9.29. The summed E-state index contributed by atoms with van der Waals surface area (Å²) >= 11 is 0. The van der Waals surface area contributed by atoms with Crippen LogP contribution in [0.1, 0.15) is 30.0 Å². The molecule has 5 heteroatoms. The number of aryl methyl sites for hydroxylation is 1. The fourth-order valence-corrected chi connectivity index (χ4v) is 3.76. The molecule has 2 aliphatic rings. The molecule has 0 amide bonds. The van der Waals surface area contributed by atoms with E-state index in [4.69, 9.17) is 4.74 Å². The standard InChI is InChI=1S/C20H28N4O/c1-23-11-17(19-10-21-14-24(19)2)18(12-23)22-9-16-5-3-4-6-20(16)25-13-15-7-8-15/h3-6,10,14-15,17-18,22H,7-9,11-13H2,1-2H3/t17-,18-/m1/s1. The Kier molecular flexibility index (Phi) is 4.77. The zero-order chi connectivity index (χ0) is 17.2. The Bertz CT molecular complexity index is 709. The van der Waals surface area contributed by atoms with Crippen LogP contribution in [0, 0.1) is 5.92 Å². The molecular formula is C20H28N4O. The lowest BCUT2D eigenvalue weighted by molar-refractivity contribution is 0.295. The highest BCUT2D eigenvalue weighted by molar-refractivity contribution is 5.33. The highest BCUT2D eigenvalue weighted by atomic mass is 16.5. The van der Waals surface area contributed by atoms with E-state index in [1.807, 2.05) is 12.5 Å². The molecule has 1 saturated heterocycles. The van der Waals surface area contributed by atoms with Gasteiger partial charge in [0.1, 0.15) is 5.75 Å². The van der Waals surface area contributed by atoms with Gasteiger partial charge in [0.05, 0.1) is 12.9 Å². The predicted molar refractivity (Wildman–Crippen MR) is 98.7 cm³/mol. The number of imidazole rings is 1. The third kappa shape index (κ3) is 3.88. The summed E-state index contributed by atoms with van der Waals surface area (Å²) in [7, 11) is 4.27. The number of aromatic nitrogens is 2. The number of rotatable bonds is 7. The normalized spacial score (nSPS) is 23.9.